The fourth-order valence-corrected chi connectivity index (χ4v) is 6.46. The first-order valence-corrected chi connectivity index (χ1v) is 7.82. The lowest BCUT2D eigenvalue weighted by molar-refractivity contribution is 0.362. The van der Waals surface area contributed by atoms with Gasteiger partial charge < -0.3 is 4.90 Å². The van der Waals surface area contributed by atoms with E-state index in [1.165, 1.54) is 0 Å². The summed E-state index contributed by atoms with van der Waals surface area (Å²) in [7, 11) is -2.80. The second kappa shape index (κ2) is 3.64. The van der Waals surface area contributed by atoms with E-state index in [9.17, 15) is 8.42 Å². The van der Waals surface area contributed by atoms with Crippen LogP contribution in [-0.4, -0.2) is 47.0 Å². The number of thiocarbonyl (C=S) groups is 1. The summed E-state index contributed by atoms with van der Waals surface area (Å²) in [6, 6.07) is 0.150. The average Bonchev–Trinajstić information content (AvgIpc) is 2.47. The van der Waals surface area contributed by atoms with Crippen molar-refractivity contribution in [1.82, 2.24) is 4.90 Å². The van der Waals surface area contributed by atoms with Gasteiger partial charge in [0.15, 0.2) is 9.84 Å². The smallest absolute Gasteiger partial charge is 0.153 e. The molecule has 80 valence electrons. The highest BCUT2D eigenvalue weighted by Crippen LogP contribution is 2.37. The Hall–Kier alpha value is 0.190. The zero-order valence-electron chi connectivity index (χ0n) is 7.97. The molecule has 0 spiro atoms. The quantitative estimate of drug-likeness (QED) is 0.682. The summed E-state index contributed by atoms with van der Waals surface area (Å²) in [6.07, 6.45) is 1.02. The lowest BCUT2D eigenvalue weighted by Crippen LogP contribution is -2.37. The molecule has 2 rings (SSSR count). The number of nitrogens with zero attached hydrogens (tertiary/aromatic N) is 1. The molecule has 2 saturated heterocycles. The van der Waals surface area contributed by atoms with E-state index in [1.54, 1.807) is 11.8 Å². The third-order valence-corrected chi connectivity index (χ3v) is 6.29. The van der Waals surface area contributed by atoms with Gasteiger partial charge in [-0.05, 0) is 6.42 Å². The molecule has 2 aliphatic rings. The van der Waals surface area contributed by atoms with Crippen molar-refractivity contribution in [3.8, 4) is 0 Å². The van der Waals surface area contributed by atoms with Gasteiger partial charge in [-0.1, -0.05) is 30.9 Å². The Morgan fingerprint density at radius 3 is 2.93 bits per heavy atom. The molecule has 2 fully saturated rings. The molecule has 2 atom stereocenters. The second-order valence-corrected chi connectivity index (χ2v) is 7.79. The minimum Gasteiger partial charge on any atom is -0.352 e. The third kappa shape index (κ3) is 1.79. The fraction of sp³-hybridized carbons (Fsp3) is 0.875. The number of fused-ring (bicyclic) bond motifs is 1. The third-order valence-electron chi connectivity index (χ3n) is 2.62. The van der Waals surface area contributed by atoms with Gasteiger partial charge in [-0.2, -0.15) is 0 Å². The van der Waals surface area contributed by atoms with Gasteiger partial charge in [-0.3, -0.25) is 0 Å². The molecule has 14 heavy (non-hydrogen) atoms. The molecule has 0 radical (unpaired) electrons. The van der Waals surface area contributed by atoms with Crippen molar-refractivity contribution in [1.29, 1.82) is 0 Å². The molecule has 0 aromatic heterocycles. The lowest BCUT2D eigenvalue weighted by atomic mass is 10.2. The van der Waals surface area contributed by atoms with E-state index in [2.05, 4.69) is 11.8 Å². The maximum Gasteiger partial charge on any atom is 0.153 e. The Kier molecular flexibility index (Phi) is 2.79. The van der Waals surface area contributed by atoms with Crippen molar-refractivity contribution in [2.45, 2.75) is 24.6 Å². The molecule has 2 aliphatic heterocycles. The van der Waals surface area contributed by atoms with E-state index >= 15 is 0 Å². The number of rotatable bonds is 2. The SMILES string of the molecule is CCCN1C(=S)S[C@H]2CS(=O)(=O)C[C@H]21. The van der Waals surface area contributed by atoms with Crippen LogP contribution in [0.1, 0.15) is 13.3 Å². The summed E-state index contributed by atoms with van der Waals surface area (Å²) in [4.78, 5) is 2.09. The van der Waals surface area contributed by atoms with Crippen molar-refractivity contribution in [2.24, 2.45) is 0 Å². The van der Waals surface area contributed by atoms with Crippen LogP contribution < -0.4 is 0 Å². The van der Waals surface area contributed by atoms with E-state index in [1.807, 2.05) is 0 Å². The molecule has 3 nitrogen and oxygen atoms in total. The van der Waals surface area contributed by atoms with E-state index in [-0.39, 0.29) is 11.3 Å². The highest BCUT2D eigenvalue weighted by molar-refractivity contribution is 8.24. The standard InChI is InChI=1S/C8H13NO2S3/c1-2-3-9-6-4-14(10,11)5-7(6)13-8(9)12/h6-7H,2-5H2,1H3/t6-,7+/m1/s1. The summed E-state index contributed by atoms with van der Waals surface area (Å²) in [5.74, 6) is 0.605. The number of sulfone groups is 1. The zero-order valence-corrected chi connectivity index (χ0v) is 10.4. The predicted octanol–water partition coefficient (Wildman–Crippen LogP) is 0.896. The Balaban J connectivity index is 2.17. The minimum atomic E-state index is -2.80. The number of thioether (sulfide) groups is 1. The van der Waals surface area contributed by atoms with Gasteiger partial charge in [0.2, 0.25) is 0 Å². The maximum absolute atomic E-state index is 11.4. The van der Waals surface area contributed by atoms with Crippen LogP contribution in [0.4, 0.5) is 0 Å². The van der Waals surface area contributed by atoms with Gasteiger partial charge in [-0.15, -0.1) is 0 Å². The Bertz CT molecular complexity index is 352. The van der Waals surface area contributed by atoms with Crippen LogP contribution in [-0.2, 0) is 9.84 Å². The van der Waals surface area contributed by atoms with Crippen LogP contribution in [0.5, 0.6) is 0 Å². The van der Waals surface area contributed by atoms with E-state index in [4.69, 9.17) is 12.2 Å². The molecule has 6 heteroatoms. The Morgan fingerprint density at radius 1 is 1.57 bits per heavy atom. The molecule has 0 amide bonds. The van der Waals surface area contributed by atoms with Crippen molar-refractivity contribution >= 4 is 38.1 Å². The molecular formula is C8H13NO2S3. The molecule has 0 aromatic carbocycles. The van der Waals surface area contributed by atoms with Gasteiger partial charge in [0, 0.05) is 11.8 Å². The summed E-state index contributed by atoms with van der Waals surface area (Å²) < 4.78 is 23.7. The van der Waals surface area contributed by atoms with Crippen molar-refractivity contribution in [2.75, 3.05) is 18.1 Å². The molecule has 0 unspecified atom stereocenters. The lowest BCUT2D eigenvalue weighted by Gasteiger charge is -2.22. The molecule has 0 saturated carbocycles. The van der Waals surface area contributed by atoms with Crippen LogP contribution in [0.2, 0.25) is 0 Å². The zero-order chi connectivity index (χ0) is 10.3. The van der Waals surface area contributed by atoms with Gasteiger partial charge in [-0.25, -0.2) is 8.42 Å². The number of hydrogen-bond donors (Lipinski definition) is 0. The number of hydrogen-bond acceptors (Lipinski definition) is 4. The summed E-state index contributed by atoms with van der Waals surface area (Å²) >= 11 is 6.79. The van der Waals surface area contributed by atoms with Crippen LogP contribution in [0.25, 0.3) is 0 Å². The van der Waals surface area contributed by atoms with Crippen LogP contribution >= 0.6 is 24.0 Å². The molecule has 0 aliphatic carbocycles. The molecule has 2 heterocycles. The first-order chi connectivity index (χ1) is 6.53. The molecule has 0 aromatic rings. The summed E-state index contributed by atoms with van der Waals surface area (Å²) in [5, 5.41) is 0.194. The topological polar surface area (TPSA) is 37.4 Å². The largest absolute Gasteiger partial charge is 0.352 e. The van der Waals surface area contributed by atoms with Gasteiger partial charge in [0.1, 0.15) is 4.32 Å². The van der Waals surface area contributed by atoms with Crippen molar-refractivity contribution in [3.63, 3.8) is 0 Å². The molecule has 0 N–H and O–H groups in total. The molecule has 0 bridgehead atoms. The second-order valence-electron chi connectivity index (χ2n) is 3.76. The van der Waals surface area contributed by atoms with E-state index < -0.39 is 9.84 Å². The van der Waals surface area contributed by atoms with Crippen LogP contribution in [0.3, 0.4) is 0 Å². The Morgan fingerprint density at radius 2 is 2.29 bits per heavy atom. The van der Waals surface area contributed by atoms with Gasteiger partial charge in [0.25, 0.3) is 0 Å². The molecular weight excluding hydrogens is 238 g/mol. The van der Waals surface area contributed by atoms with E-state index in [0.29, 0.717) is 11.5 Å². The minimum absolute atomic E-state index is 0.150. The summed E-state index contributed by atoms with van der Waals surface area (Å²) in [5.41, 5.74) is 0. The van der Waals surface area contributed by atoms with Crippen molar-refractivity contribution in [3.05, 3.63) is 0 Å². The van der Waals surface area contributed by atoms with Gasteiger partial charge in [0.05, 0.1) is 17.5 Å². The first kappa shape index (κ1) is 10.7. The first-order valence-electron chi connectivity index (χ1n) is 4.71. The van der Waals surface area contributed by atoms with Crippen LogP contribution in [0.15, 0.2) is 0 Å². The predicted molar refractivity (Wildman–Crippen MR) is 63.4 cm³/mol. The maximum atomic E-state index is 11.4. The highest BCUT2D eigenvalue weighted by atomic mass is 32.2. The van der Waals surface area contributed by atoms with E-state index in [0.717, 1.165) is 17.3 Å². The van der Waals surface area contributed by atoms with Gasteiger partial charge >= 0.3 is 0 Å². The average molecular weight is 251 g/mol. The monoisotopic (exact) mass is 251 g/mol. The fourth-order valence-electron chi connectivity index (χ4n) is 2.03. The highest BCUT2D eigenvalue weighted by Gasteiger charge is 2.47. The Labute approximate surface area is 94.1 Å². The normalized spacial score (nSPS) is 34.9. The summed E-state index contributed by atoms with van der Waals surface area (Å²) in [6.45, 7) is 2.98. The van der Waals surface area contributed by atoms with Crippen LogP contribution in [0, 0.1) is 0 Å². The van der Waals surface area contributed by atoms with Crippen molar-refractivity contribution < 1.29 is 8.42 Å².